The lowest BCUT2D eigenvalue weighted by molar-refractivity contribution is 0.190. The van der Waals surface area contributed by atoms with E-state index in [-0.39, 0.29) is 12.4 Å². The molecule has 1 rings (SSSR count). The molecule has 2 heteroatoms. The van der Waals surface area contributed by atoms with Gasteiger partial charge >= 0.3 is 0 Å². The van der Waals surface area contributed by atoms with Crippen LogP contribution < -0.4 is 5.73 Å². The summed E-state index contributed by atoms with van der Waals surface area (Å²) in [5.41, 5.74) is 5.72. The summed E-state index contributed by atoms with van der Waals surface area (Å²) in [6, 6.07) is 0.523. The molecule has 1 aliphatic carbocycles. The molecule has 0 aromatic heterocycles. The zero-order valence-corrected chi connectivity index (χ0v) is 6.95. The van der Waals surface area contributed by atoms with E-state index in [0.717, 1.165) is 11.8 Å². The van der Waals surface area contributed by atoms with E-state index in [1.165, 1.54) is 12.8 Å². The third-order valence-corrected chi connectivity index (χ3v) is 2.24. The first-order valence-electron chi connectivity index (χ1n) is 3.47. The second kappa shape index (κ2) is 3.43. The van der Waals surface area contributed by atoms with Crippen molar-refractivity contribution >= 4 is 12.4 Å². The van der Waals surface area contributed by atoms with Crippen molar-refractivity contribution in [2.45, 2.75) is 32.7 Å². The molecule has 0 heterocycles. The fourth-order valence-corrected chi connectivity index (χ4v) is 1.38. The fourth-order valence-electron chi connectivity index (χ4n) is 1.38. The summed E-state index contributed by atoms with van der Waals surface area (Å²) in [7, 11) is 0. The fraction of sp³-hybridized carbons (Fsp3) is 1.00. The first-order valence-corrected chi connectivity index (χ1v) is 3.47. The van der Waals surface area contributed by atoms with Gasteiger partial charge < -0.3 is 5.73 Å². The second-order valence-corrected chi connectivity index (χ2v) is 3.15. The van der Waals surface area contributed by atoms with Crippen LogP contribution in [-0.2, 0) is 0 Å². The number of rotatable bonds is 1. The molecule has 0 aromatic carbocycles. The molecule has 0 amide bonds. The van der Waals surface area contributed by atoms with Crippen molar-refractivity contribution in [1.82, 2.24) is 0 Å². The van der Waals surface area contributed by atoms with Crippen molar-refractivity contribution in [3.8, 4) is 0 Å². The molecule has 0 unspecified atom stereocenters. The highest BCUT2D eigenvalue weighted by atomic mass is 35.5. The Labute approximate surface area is 63.4 Å². The normalized spacial score (nSPS) is 33.3. The van der Waals surface area contributed by atoms with Crippen LogP contribution >= 0.6 is 12.4 Å². The molecule has 1 nitrogen and oxygen atoms in total. The average molecular weight is 150 g/mol. The van der Waals surface area contributed by atoms with E-state index in [4.69, 9.17) is 5.73 Å². The van der Waals surface area contributed by atoms with Gasteiger partial charge in [-0.25, -0.2) is 0 Å². The molecule has 2 N–H and O–H groups in total. The van der Waals surface area contributed by atoms with Gasteiger partial charge in [0.1, 0.15) is 0 Å². The maximum absolute atomic E-state index is 5.72. The zero-order valence-electron chi connectivity index (χ0n) is 6.13. The standard InChI is InChI=1S/C7H15N.ClH/c1-5(2)6-3-4-7(6)8;/h5-7H,3-4,8H2,1-2H3;1H/t6-,7+;/m0./s1. The SMILES string of the molecule is CC(C)[C@@H]1CC[C@H]1N.Cl. The zero-order chi connectivity index (χ0) is 6.15. The number of nitrogens with two attached hydrogens (primary N) is 1. The Hall–Kier alpha value is 0.250. The number of hydrogen-bond donors (Lipinski definition) is 1. The quantitative estimate of drug-likeness (QED) is 0.605. The predicted molar refractivity (Wildman–Crippen MR) is 42.8 cm³/mol. The highest BCUT2D eigenvalue weighted by molar-refractivity contribution is 5.85. The Morgan fingerprint density at radius 3 is 1.89 bits per heavy atom. The van der Waals surface area contributed by atoms with Gasteiger partial charge in [-0.3, -0.25) is 0 Å². The van der Waals surface area contributed by atoms with Gasteiger partial charge in [-0.05, 0) is 24.7 Å². The summed E-state index contributed by atoms with van der Waals surface area (Å²) in [4.78, 5) is 0. The van der Waals surface area contributed by atoms with Gasteiger partial charge in [0.05, 0.1) is 0 Å². The lowest BCUT2D eigenvalue weighted by atomic mass is 9.73. The predicted octanol–water partition coefficient (Wildman–Crippen LogP) is 1.80. The molecule has 1 saturated carbocycles. The van der Waals surface area contributed by atoms with Crippen LogP contribution in [0.15, 0.2) is 0 Å². The van der Waals surface area contributed by atoms with Crippen molar-refractivity contribution in [2.75, 3.05) is 0 Å². The van der Waals surface area contributed by atoms with Crippen LogP contribution in [-0.4, -0.2) is 6.04 Å². The van der Waals surface area contributed by atoms with E-state index in [1.807, 2.05) is 0 Å². The molecular weight excluding hydrogens is 134 g/mol. The van der Waals surface area contributed by atoms with Crippen LogP contribution in [0.2, 0.25) is 0 Å². The summed E-state index contributed by atoms with van der Waals surface area (Å²) >= 11 is 0. The van der Waals surface area contributed by atoms with Crippen molar-refractivity contribution in [2.24, 2.45) is 17.6 Å². The summed E-state index contributed by atoms with van der Waals surface area (Å²) in [6.07, 6.45) is 2.61. The van der Waals surface area contributed by atoms with Gasteiger partial charge in [-0.1, -0.05) is 13.8 Å². The maximum atomic E-state index is 5.72. The molecule has 2 atom stereocenters. The molecule has 0 bridgehead atoms. The maximum Gasteiger partial charge on any atom is 0.00697 e. The molecule has 0 spiro atoms. The van der Waals surface area contributed by atoms with E-state index in [1.54, 1.807) is 0 Å². The van der Waals surface area contributed by atoms with Crippen LogP contribution in [0.4, 0.5) is 0 Å². The Bertz CT molecular complexity index is 78.2. The molecular formula is C7H16ClN. The molecule has 0 aliphatic heterocycles. The summed E-state index contributed by atoms with van der Waals surface area (Å²) in [5, 5.41) is 0. The van der Waals surface area contributed by atoms with E-state index < -0.39 is 0 Å². The molecule has 1 aliphatic rings. The summed E-state index contributed by atoms with van der Waals surface area (Å²) in [5.74, 6) is 1.63. The first-order chi connectivity index (χ1) is 3.72. The monoisotopic (exact) mass is 149 g/mol. The third kappa shape index (κ3) is 1.84. The van der Waals surface area contributed by atoms with Gasteiger partial charge in [0.25, 0.3) is 0 Å². The van der Waals surface area contributed by atoms with Crippen molar-refractivity contribution in [3.63, 3.8) is 0 Å². The summed E-state index contributed by atoms with van der Waals surface area (Å²) in [6.45, 7) is 4.51. The van der Waals surface area contributed by atoms with Gasteiger partial charge in [0, 0.05) is 6.04 Å². The van der Waals surface area contributed by atoms with Crippen LogP contribution in [0.1, 0.15) is 26.7 Å². The minimum Gasteiger partial charge on any atom is -0.327 e. The number of hydrogen-bond acceptors (Lipinski definition) is 1. The highest BCUT2D eigenvalue weighted by Crippen LogP contribution is 2.31. The lowest BCUT2D eigenvalue weighted by Crippen LogP contribution is -2.42. The van der Waals surface area contributed by atoms with E-state index in [9.17, 15) is 0 Å². The van der Waals surface area contributed by atoms with Crippen LogP contribution in [0.3, 0.4) is 0 Å². The van der Waals surface area contributed by atoms with Crippen molar-refractivity contribution in [3.05, 3.63) is 0 Å². The van der Waals surface area contributed by atoms with Gasteiger partial charge in [-0.2, -0.15) is 0 Å². The van der Waals surface area contributed by atoms with Crippen LogP contribution in [0.25, 0.3) is 0 Å². The molecule has 0 radical (unpaired) electrons. The average Bonchev–Trinajstić information content (AvgIpc) is 1.61. The molecule has 9 heavy (non-hydrogen) atoms. The van der Waals surface area contributed by atoms with E-state index in [0.29, 0.717) is 6.04 Å². The summed E-state index contributed by atoms with van der Waals surface area (Å²) < 4.78 is 0. The minimum atomic E-state index is 0. The molecule has 0 aromatic rings. The smallest absolute Gasteiger partial charge is 0.00697 e. The molecule has 1 fully saturated rings. The molecule has 0 saturated heterocycles. The lowest BCUT2D eigenvalue weighted by Gasteiger charge is -2.36. The first kappa shape index (κ1) is 9.25. The Kier molecular flexibility index (Phi) is 3.52. The Morgan fingerprint density at radius 1 is 1.33 bits per heavy atom. The van der Waals surface area contributed by atoms with Gasteiger partial charge in [0.2, 0.25) is 0 Å². The van der Waals surface area contributed by atoms with Crippen molar-refractivity contribution in [1.29, 1.82) is 0 Å². The highest BCUT2D eigenvalue weighted by Gasteiger charge is 2.29. The van der Waals surface area contributed by atoms with Crippen molar-refractivity contribution < 1.29 is 0 Å². The van der Waals surface area contributed by atoms with Crippen LogP contribution in [0.5, 0.6) is 0 Å². The topological polar surface area (TPSA) is 26.0 Å². The Morgan fingerprint density at radius 2 is 1.89 bits per heavy atom. The van der Waals surface area contributed by atoms with Gasteiger partial charge in [-0.15, -0.1) is 12.4 Å². The Balaban J connectivity index is 0.000000640. The van der Waals surface area contributed by atoms with E-state index >= 15 is 0 Å². The van der Waals surface area contributed by atoms with Gasteiger partial charge in [0.15, 0.2) is 0 Å². The largest absolute Gasteiger partial charge is 0.327 e. The molecule has 56 valence electrons. The number of halogens is 1. The minimum absolute atomic E-state index is 0. The third-order valence-electron chi connectivity index (χ3n) is 2.24. The van der Waals surface area contributed by atoms with E-state index in [2.05, 4.69) is 13.8 Å². The second-order valence-electron chi connectivity index (χ2n) is 3.15. The van der Waals surface area contributed by atoms with Crippen LogP contribution in [0, 0.1) is 11.8 Å².